The number of benzene rings is 4. The van der Waals surface area contributed by atoms with Crippen LogP contribution in [-0.4, -0.2) is 61.7 Å². The average Bonchev–Trinajstić information content (AvgIpc) is 3.05. The van der Waals surface area contributed by atoms with Crippen molar-refractivity contribution < 1.29 is 35.5 Å². The Morgan fingerprint density at radius 2 is 1.62 bits per heavy atom. The minimum atomic E-state index is -5.19. The number of anilines is 2. The lowest BCUT2D eigenvalue weighted by molar-refractivity contribution is -0.274. The van der Waals surface area contributed by atoms with Crippen LogP contribution < -0.4 is 15.2 Å². The Labute approximate surface area is 273 Å². The molecule has 9 nitrogen and oxygen atoms in total. The standard InChI is InChI=1S/C34H29F4N5O4S/c35-25-9-6-22(7-10-25)21-42-15-17-43(18-16-42)33(44)24-8-12-29(30(19-24)47-34(36,37)38)41-48(45,46)31-13-11-26(39)20-28(31)27-5-1-3-23-4-2-14-40-32(23)27/h1-14,19-20,41H,15-18,21,39H2. The number of nitrogens with two attached hydrogens (primary N) is 1. The lowest BCUT2D eigenvalue weighted by Crippen LogP contribution is -2.48. The van der Waals surface area contributed by atoms with Crippen LogP contribution >= 0.6 is 0 Å². The number of nitrogens with one attached hydrogen (secondary N) is 1. The molecular weight excluding hydrogens is 650 g/mol. The van der Waals surface area contributed by atoms with E-state index in [2.05, 4.69) is 19.3 Å². The summed E-state index contributed by atoms with van der Waals surface area (Å²) in [7, 11) is -4.55. The number of sulfonamides is 1. The summed E-state index contributed by atoms with van der Waals surface area (Å²) in [6.07, 6.45) is -3.63. The van der Waals surface area contributed by atoms with Gasteiger partial charge in [-0.15, -0.1) is 13.2 Å². The van der Waals surface area contributed by atoms with Crippen LogP contribution in [0, 0.1) is 5.82 Å². The van der Waals surface area contributed by atoms with E-state index in [1.54, 1.807) is 36.5 Å². The molecule has 0 atom stereocenters. The van der Waals surface area contributed by atoms with Gasteiger partial charge in [-0.1, -0.05) is 36.4 Å². The average molecular weight is 680 g/mol. The zero-order chi connectivity index (χ0) is 34.1. The summed E-state index contributed by atoms with van der Waals surface area (Å²) in [6.45, 7) is 2.12. The first-order chi connectivity index (χ1) is 22.9. The molecule has 2 heterocycles. The Bertz CT molecular complexity index is 2080. The summed E-state index contributed by atoms with van der Waals surface area (Å²) in [6, 6.07) is 22.1. The Hall–Kier alpha value is -5.21. The van der Waals surface area contributed by atoms with E-state index < -0.39 is 33.7 Å². The molecular formula is C34H29F4N5O4S. The zero-order valence-corrected chi connectivity index (χ0v) is 26.1. The zero-order valence-electron chi connectivity index (χ0n) is 25.2. The minimum absolute atomic E-state index is 0.112. The molecule has 0 radical (unpaired) electrons. The number of aromatic nitrogens is 1. The molecule has 6 rings (SSSR count). The molecule has 1 amide bonds. The Morgan fingerprint density at radius 1 is 0.896 bits per heavy atom. The van der Waals surface area contributed by atoms with Crippen molar-refractivity contribution in [1.29, 1.82) is 0 Å². The van der Waals surface area contributed by atoms with Gasteiger partial charge in [0.15, 0.2) is 5.75 Å². The number of alkyl halides is 3. The highest BCUT2D eigenvalue weighted by Crippen LogP contribution is 2.37. The maximum atomic E-state index is 13.8. The molecule has 248 valence electrons. The van der Waals surface area contributed by atoms with E-state index in [-0.39, 0.29) is 27.5 Å². The van der Waals surface area contributed by atoms with Crippen molar-refractivity contribution in [3.8, 4) is 16.9 Å². The largest absolute Gasteiger partial charge is 0.573 e. The molecule has 48 heavy (non-hydrogen) atoms. The van der Waals surface area contributed by atoms with E-state index in [1.807, 2.05) is 12.1 Å². The van der Waals surface area contributed by atoms with Gasteiger partial charge < -0.3 is 15.4 Å². The fourth-order valence-corrected chi connectivity index (χ4v) is 6.88. The number of hydrogen-bond acceptors (Lipinski definition) is 7. The maximum absolute atomic E-state index is 13.8. The monoisotopic (exact) mass is 679 g/mol. The quantitative estimate of drug-likeness (QED) is 0.146. The minimum Gasteiger partial charge on any atom is -0.404 e. The summed E-state index contributed by atoms with van der Waals surface area (Å²) < 4.78 is 87.9. The number of carbonyl (C=O) groups is 1. The van der Waals surface area contributed by atoms with E-state index in [0.29, 0.717) is 43.8 Å². The molecule has 3 N–H and O–H groups in total. The predicted molar refractivity (Wildman–Crippen MR) is 173 cm³/mol. The molecule has 0 unspecified atom stereocenters. The number of halogens is 4. The van der Waals surface area contributed by atoms with Crippen LogP contribution in [0.25, 0.3) is 22.0 Å². The molecule has 1 saturated heterocycles. The number of carbonyl (C=O) groups excluding carboxylic acids is 1. The molecule has 4 aromatic carbocycles. The van der Waals surface area contributed by atoms with Gasteiger partial charge in [0.25, 0.3) is 15.9 Å². The number of piperazine rings is 1. The van der Waals surface area contributed by atoms with Crippen molar-refractivity contribution in [3.63, 3.8) is 0 Å². The molecule has 1 aromatic heterocycles. The van der Waals surface area contributed by atoms with Gasteiger partial charge in [-0.25, -0.2) is 12.8 Å². The SMILES string of the molecule is Nc1ccc(S(=O)(=O)Nc2ccc(C(=O)N3CCN(Cc4ccc(F)cc4)CC3)cc2OC(F)(F)F)c(-c2cccc3cccnc23)c1. The number of hydrogen-bond donors (Lipinski definition) is 2. The van der Waals surface area contributed by atoms with Gasteiger partial charge in [0, 0.05) is 66.7 Å². The Morgan fingerprint density at radius 3 is 2.35 bits per heavy atom. The molecule has 0 spiro atoms. The smallest absolute Gasteiger partial charge is 0.404 e. The third-order valence-corrected chi connectivity index (χ3v) is 9.32. The molecule has 5 aromatic rings. The summed E-state index contributed by atoms with van der Waals surface area (Å²) in [5.41, 5.74) is 7.70. The molecule has 1 aliphatic rings. The molecule has 0 bridgehead atoms. The van der Waals surface area contributed by atoms with Crippen molar-refractivity contribution in [3.05, 3.63) is 114 Å². The van der Waals surface area contributed by atoms with Crippen LogP contribution in [0.3, 0.4) is 0 Å². The van der Waals surface area contributed by atoms with Crippen LogP contribution in [0.4, 0.5) is 28.9 Å². The van der Waals surface area contributed by atoms with Gasteiger partial charge >= 0.3 is 6.36 Å². The van der Waals surface area contributed by atoms with Gasteiger partial charge in [-0.05, 0) is 60.2 Å². The van der Waals surface area contributed by atoms with E-state index in [1.165, 1.54) is 41.3 Å². The molecule has 1 fully saturated rings. The number of pyridine rings is 1. The Balaban J connectivity index is 1.26. The molecule has 0 aliphatic carbocycles. The molecule has 0 saturated carbocycles. The van der Waals surface area contributed by atoms with Gasteiger partial charge in [0.05, 0.1) is 16.1 Å². The summed E-state index contributed by atoms with van der Waals surface area (Å²) in [5.74, 6) is -1.77. The van der Waals surface area contributed by atoms with Crippen molar-refractivity contribution in [2.75, 3.05) is 36.6 Å². The van der Waals surface area contributed by atoms with Crippen LogP contribution in [0.5, 0.6) is 5.75 Å². The number of para-hydroxylation sites is 1. The third-order valence-electron chi connectivity index (χ3n) is 7.89. The second kappa shape index (κ2) is 13.1. The van der Waals surface area contributed by atoms with Gasteiger partial charge in [-0.2, -0.15) is 0 Å². The first kappa shape index (κ1) is 32.7. The van der Waals surface area contributed by atoms with Crippen LogP contribution in [0.15, 0.2) is 102 Å². The molecule has 1 aliphatic heterocycles. The van der Waals surface area contributed by atoms with Gasteiger partial charge in [0.2, 0.25) is 0 Å². The lowest BCUT2D eigenvalue weighted by Gasteiger charge is -2.35. The second-order valence-electron chi connectivity index (χ2n) is 11.2. The highest BCUT2D eigenvalue weighted by molar-refractivity contribution is 7.92. The lowest BCUT2D eigenvalue weighted by atomic mass is 10.0. The molecule has 14 heteroatoms. The number of rotatable bonds is 8. The van der Waals surface area contributed by atoms with Crippen LogP contribution in [-0.2, 0) is 16.6 Å². The van der Waals surface area contributed by atoms with Crippen LogP contribution in [0.2, 0.25) is 0 Å². The van der Waals surface area contributed by atoms with E-state index >= 15 is 0 Å². The number of ether oxygens (including phenoxy) is 1. The van der Waals surface area contributed by atoms with Crippen molar-refractivity contribution in [1.82, 2.24) is 14.8 Å². The number of fused-ring (bicyclic) bond motifs is 1. The van der Waals surface area contributed by atoms with Crippen molar-refractivity contribution >= 4 is 38.2 Å². The van der Waals surface area contributed by atoms with Crippen molar-refractivity contribution in [2.24, 2.45) is 0 Å². The van der Waals surface area contributed by atoms with E-state index in [4.69, 9.17) is 5.73 Å². The van der Waals surface area contributed by atoms with E-state index in [9.17, 15) is 30.8 Å². The number of nitrogen functional groups attached to an aromatic ring is 1. The van der Waals surface area contributed by atoms with Gasteiger partial charge in [0.1, 0.15) is 5.82 Å². The third kappa shape index (κ3) is 7.34. The van der Waals surface area contributed by atoms with E-state index in [0.717, 1.165) is 23.1 Å². The first-order valence-electron chi connectivity index (χ1n) is 14.8. The van der Waals surface area contributed by atoms with Crippen molar-refractivity contribution in [2.45, 2.75) is 17.8 Å². The normalized spacial score (nSPS) is 14.2. The fraction of sp³-hybridized carbons (Fsp3) is 0.176. The van der Waals surface area contributed by atoms with Crippen LogP contribution in [0.1, 0.15) is 15.9 Å². The number of amides is 1. The topological polar surface area (TPSA) is 118 Å². The summed E-state index contributed by atoms with van der Waals surface area (Å²) >= 11 is 0. The number of nitrogens with zero attached hydrogens (tertiary/aromatic N) is 3. The highest BCUT2D eigenvalue weighted by Gasteiger charge is 2.34. The maximum Gasteiger partial charge on any atom is 0.573 e. The summed E-state index contributed by atoms with van der Waals surface area (Å²) in [4.78, 5) is 21.1. The predicted octanol–water partition coefficient (Wildman–Crippen LogP) is 6.28. The summed E-state index contributed by atoms with van der Waals surface area (Å²) in [5, 5.41) is 0.740. The second-order valence-corrected chi connectivity index (χ2v) is 12.8. The van der Waals surface area contributed by atoms with Gasteiger partial charge in [-0.3, -0.25) is 19.4 Å². The highest BCUT2D eigenvalue weighted by atomic mass is 32.2. The first-order valence-corrected chi connectivity index (χ1v) is 16.3. The fourth-order valence-electron chi connectivity index (χ4n) is 5.60. The Kier molecular flexibility index (Phi) is 8.95.